The highest BCUT2D eigenvalue weighted by Gasteiger charge is 2.45. The molecule has 2 aromatic heterocycles. The van der Waals surface area contributed by atoms with E-state index in [9.17, 15) is 19.2 Å². The lowest BCUT2D eigenvalue weighted by Crippen LogP contribution is -2.48. The highest BCUT2D eigenvalue weighted by molar-refractivity contribution is 5.87. The number of carbonyl (C=O) groups is 4. The number of piperidine rings is 2. The summed E-state index contributed by atoms with van der Waals surface area (Å²) in [5.74, 6) is 0.600. The van der Waals surface area contributed by atoms with Crippen LogP contribution in [-0.2, 0) is 31.1 Å². The van der Waals surface area contributed by atoms with E-state index in [4.69, 9.17) is 10.5 Å². The van der Waals surface area contributed by atoms with Crippen LogP contribution in [0.1, 0.15) is 69.1 Å². The standard InChI is InChI=1S/C20H27N5O2.C12H13N3O3.C3H8/c1-14-8-15(9-16-11-22-23-18(14)16)10-17(21)19(27)25-7-4-20(12-25)2-5-24(13-26)6-3-20;16-8-15-6-3-12(4-7-15)9-2-1-5-13-10(9)14-11(17)18-12;1-3-2/h8-9,11,13,17H,2-7,10,12,21H2,1H3,(H,22,23);1-2,5,8H,3-4,6-7H2,(H,13,14,17);3H2,1-2H3. The van der Waals surface area contributed by atoms with Gasteiger partial charge in [-0.05, 0) is 67.3 Å². The number of fused-ring (bicyclic) bond motifs is 3. The van der Waals surface area contributed by atoms with E-state index in [0.717, 1.165) is 85.9 Å². The molecule has 0 radical (unpaired) electrons. The second-order valence-electron chi connectivity index (χ2n) is 13.5. The molecule has 1 aromatic carbocycles. The molecule has 1 atom stereocenters. The molecule has 258 valence electrons. The van der Waals surface area contributed by atoms with Crippen LogP contribution in [0.3, 0.4) is 0 Å². The Hall–Kier alpha value is -4.52. The lowest BCUT2D eigenvalue weighted by Gasteiger charge is -2.42. The van der Waals surface area contributed by atoms with Gasteiger partial charge in [-0.1, -0.05) is 26.3 Å². The van der Waals surface area contributed by atoms with Gasteiger partial charge >= 0.3 is 6.09 Å². The van der Waals surface area contributed by atoms with Gasteiger partial charge in [0, 0.05) is 69.3 Å². The molecule has 4 amide bonds. The van der Waals surface area contributed by atoms with Gasteiger partial charge < -0.3 is 25.2 Å². The fourth-order valence-corrected chi connectivity index (χ4v) is 7.23. The van der Waals surface area contributed by atoms with E-state index in [1.807, 2.05) is 28.9 Å². The number of aromatic amines is 1. The van der Waals surface area contributed by atoms with E-state index in [1.165, 1.54) is 6.42 Å². The van der Waals surface area contributed by atoms with Crippen LogP contribution in [0.4, 0.5) is 10.6 Å². The minimum atomic E-state index is -0.633. The summed E-state index contributed by atoms with van der Waals surface area (Å²) in [5, 5.41) is 10.7. The van der Waals surface area contributed by atoms with Crippen molar-refractivity contribution in [2.24, 2.45) is 11.1 Å². The first-order valence-electron chi connectivity index (χ1n) is 17.0. The number of hydrogen-bond donors (Lipinski definition) is 3. The molecule has 0 bridgehead atoms. The molecular formula is C35H48N8O5. The molecule has 3 aromatic rings. The quantitative estimate of drug-likeness (QED) is 0.348. The number of amides is 4. The summed E-state index contributed by atoms with van der Waals surface area (Å²) in [6.07, 6.45) is 10.7. The summed E-state index contributed by atoms with van der Waals surface area (Å²) in [7, 11) is 0. The Kier molecular flexibility index (Phi) is 11.0. The number of likely N-dealkylation sites (tertiary alicyclic amines) is 3. The van der Waals surface area contributed by atoms with Crippen LogP contribution >= 0.6 is 0 Å². The normalized spacial score (nSPS) is 19.7. The Morgan fingerprint density at radius 3 is 2.35 bits per heavy atom. The summed E-state index contributed by atoms with van der Waals surface area (Å²) in [4.78, 5) is 55.8. The van der Waals surface area contributed by atoms with Gasteiger partial charge in [-0.2, -0.15) is 5.10 Å². The van der Waals surface area contributed by atoms with Crippen molar-refractivity contribution in [1.29, 1.82) is 0 Å². The molecule has 2 spiro atoms. The molecular weight excluding hydrogens is 612 g/mol. The Balaban J connectivity index is 0.000000185. The monoisotopic (exact) mass is 660 g/mol. The summed E-state index contributed by atoms with van der Waals surface area (Å²) in [6, 6.07) is 7.35. The van der Waals surface area contributed by atoms with Crippen molar-refractivity contribution in [1.82, 2.24) is 29.9 Å². The number of aromatic nitrogens is 3. The zero-order valence-electron chi connectivity index (χ0n) is 28.2. The van der Waals surface area contributed by atoms with Crippen molar-refractivity contribution < 1.29 is 23.9 Å². The highest BCUT2D eigenvalue weighted by atomic mass is 16.6. The minimum absolute atomic E-state index is 0.0367. The number of H-pyrrole nitrogens is 1. The van der Waals surface area contributed by atoms with Gasteiger partial charge in [0.1, 0.15) is 11.4 Å². The van der Waals surface area contributed by atoms with Crippen molar-refractivity contribution in [2.75, 3.05) is 44.6 Å². The number of nitrogens with zero attached hydrogens (tertiary/aromatic N) is 5. The molecule has 7 rings (SSSR count). The number of aryl methyl sites for hydroxylation is 1. The maximum Gasteiger partial charge on any atom is 0.413 e. The number of pyridine rings is 1. The van der Waals surface area contributed by atoms with Gasteiger partial charge in [0.2, 0.25) is 18.7 Å². The van der Waals surface area contributed by atoms with Crippen LogP contribution in [0.15, 0.2) is 36.7 Å². The molecule has 1 unspecified atom stereocenters. The van der Waals surface area contributed by atoms with Crippen LogP contribution < -0.4 is 11.1 Å². The number of rotatable bonds is 5. The molecule has 48 heavy (non-hydrogen) atoms. The topological polar surface area (TPSA) is 167 Å². The summed E-state index contributed by atoms with van der Waals surface area (Å²) in [6.45, 7) is 10.6. The van der Waals surface area contributed by atoms with Crippen LogP contribution in [0, 0.1) is 12.3 Å². The fourth-order valence-electron chi connectivity index (χ4n) is 7.23. The van der Waals surface area contributed by atoms with Gasteiger partial charge in [0.15, 0.2) is 0 Å². The van der Waals surface area contributed by atoms with Gasteiger partial charge in [-0.3, -0.25) is 24.8 Å². The van der Waals surface area contributed by atoms with Gasteiger partial charge in [0.05, 0.1) is 17.8 Å². The number of hydrogen-bond acceptors (Lipinski definition) is 8. The predicted molar refractivity (Wildman–Crippen MR) is 182 cm³/mol. The molecule has 6 heterocycles. The minimum Gasteiger partial charge on any atom is -0.437 e. The molecule has 13 nitrogen and oxygen atoms in total. The van der Waals surface area contributed by atoms with Gasteiger partial charge in [-0.15, -0.1) is 0 Å². The average Bonchev–Trinajstić information content (AvgIpc) is 3.74. The van der Waals surface area contributed by atoms with Gasteiger partial charge in [0.25, 0.3) is 0 Å². The molecule has 0 saturated carbocycles. The van der Waals surface area contributed by atoms with Gasteiger partial charge in [-0.25, -0.2) is 9.78 Å². The van der Waals surface area contributed by atoms with Crippen LogP contribution in [0.5, 0.6) is 0 Å². The molecule has 0 aliphatic carbocycles. The Morgan fingerprint density at radius 2 is 1.69 bits per heavy atom. The summed E-state index contributed by atoms with van der Waals surface area (Å²) < 4.78 is 5.50. The SMILES string of the molecule is CCC.Cc1cc(CC(N)C(=O)N2CCC3(CCN(C=O)CC3)C2)cc2cn[nH]c12.O=CN1CCC2(CC1)OC(=O)Nc1ncccc12. The first-order valence-corrected chi connectivity index (χ1v) is 17.0. The van der Waals surface area contributed by atoms with Crippen molar-refractivity contribution >= 4 is 41.5 Å². The largest absolute Gasteiger partial charge is 0.437 e. The Labute approximate surface area is 281 Å². The van der Waals surface area contributed by atoms with Crippen molar-refractivity contribution in [3.63, 3.8) is 0 Å². The number of benzene rings is 1. The molecule has 4 aliphatic heterocycles. The number of ether oxygens (including phenoxy) is 1. The van der Waals surface area contributed by atoms with Crippen molar-refractivity contribution in [3.05, 3.63) is 53.3 Å². The van der Waals surface area contributed by atoms with Crippen LogP contribution in [0.25, 0.3) is 10.9 Å². The average molecular weight is 661 g/mol. The Bertz CT molecular complexity index is 1590. The lowest BCUT2D eigenvalue weighted by atomic mass is 9.78. The van der Waals surface area contributed by atoms with Crippen LogP contribution in [0.2, 0.25) is 0 Å². The smallest absolute Gasteiger partial charge is 0.413 e. The summed E-state index contributed by atoms with van der Waals surface area (Å²) >= 11 is 0. The van der Waals surface area contributed by atoms with E-state index in [1.54, 1.807) is 17.3 Å². The predicted octanol–water partition coefficient (Wildman–Crippen LogP) is 3.72. The maximum atomic E-state index is 12.9. The van der Waals surface area contributed by atoms with Crippen molar-refractivity contribution in [2.45, 2.75) is 77.4 Å². The third kappa shape index (κ3) is 7.61. The van der Waals surface area contributed by atoms with E-state index in [0.29, 0.717) is 38.2 Å². The zero-order valence-corrected chi connectivity index (χ0v) is 28.2. The second kappa shape index (κ2) is 15.1. The number of anilines is 1. The molecule has 4 N–H and O–H groups in total. The third-order valence-corrected chi connectivity index (χ3v) is 9.90. The molecule has 13 heteroatoms. The number of nitrogens with two attached hydrogens (primary N) is 1. The first kappa shape index (κ1) is 34.8. The van der Waals surface area contributed by atoms with Crippen LogP contribution in [-0.4, -0.2) is 100 Å². The number of carbonyl (C=O) groups excluding carboxylic acids is 4. The van der Waals surface area contributed by atoms with E-state index >= 15 is 0 Å². The molecule has 4 aliphatic rings. The third-order valence-electron chi connectivity index (χ3n) is 9.90. The van der Waals surface area contributed by atoms with E-state index < -0.39 is 17.7 Å². The summed E-state index contributed by atoms with van der Waals surface area (Å²) in [5.41, 5.74) is 9.93. The zero-order chi connectivity index (χ0) is 34.3. The number of nitrogens with one attached hydrogen (secondary N) is 2. The van der Waals surface area contributed by atoms with E-state index in [-0.39, 0.29) is 11.3 Å². The second-order valence-corrected chi connectivity index (χ2v) is 13.5. The molecule has 3 saturated heterocycles. The lowest BCUT2D eigenvalue weighted by molar-refractivity contribution is -0.132. The maximum absolute atomic E-state index is 12.9. The first-order chi connectivity index (χ1) is 23.1. The highest BCUT2D eigenvalue weighted by Crippen LogP contribution is 2.42. The molecule has 3 fully saturated rings. The Morgan fingerprint density at radius 1 is 1.04 bits per heavy atom. The fraction of sp³-hybridized carbons (Fsp3) is 0.543. The van der Waals surface area contributed by atoms with E-state index in [2.05, 4.69) is 46.5 Å². The van der Waals surface area contributed by atoms with Crippen molar-refractivity contribution in [3.8, 4) is 0 Å².